The van der Waals surface area contributed by atoms with Gasteiger partial charge in [0.2, 0.25) is 0 Å². The smallest absolute Gasteiger partial charge is 0.410 e. The Labute approximate surface area is 178 Å². The maximum atomic E-state index is 13.0. The summed E-state index contributed by atoms with van der Waals surface area (Å²) in [5, 5.41) is 0.963. The van der Waals surface area contributed by atoms with E-state index in [0.717, 1.165) is 22.2 Å². The van der Waals surface area contributed by atoms with Crippen molar-refractivity contribution < 1.29 is 13.9 Å². The standard InChI is InChI=1S/C24H21N3O4/c28-23-20-14-26(24(29)30-15-19-12-18-8-4-5-9-22(18)31-19)11-10-21(20)25-16-27(23)13-17-6-2-1-3-7-17/h1-9,12,16H,10-11,13-15H2. The fraction of sp³-hybridized carbons (Fsp3) is 0.208. The van der Waals surface area contributed by atoms with Crippen molar-refractivity contribution in [2.45, 2.75) is 26.1 Å². The fourth-order valence-corrected chi connectivity index (χ4v) is 3.83. The van der Waals surface area contributed by atoms with E-state index in [2.05, 4.69) is 4.98 Å². The van der Waals surface area contributed by atoms with E-state index in [-0.39, 0.29) is 18.7 Å². The number of ether oxygens (including phenoxy) is 1. The summed E-state index contributed by atoms with van der Waals surface area (Å²) in [6.45, 7) is 1.13. The summed E-state index contributed by atoms with van der Waals surface area (Å²) in [4.78, 5) is 31.6. The molecule has 156 valence electrons. The highest BCUT2D eigenvalue weighted by atomic mass is 16.6. The first-order valence-corrected chi connectivity index (χ1v) is 10.2. The zero-order valence-electron chi connectivity index (χ0n) is 16.9. The van der Waals surface area contributed by atoms with E-state index in [9.17, 15) is 9.59 Å². The Morgan fingerprint density at radius 1 is 1.10 bits per heavy atom. The number of carbonyl (C=O) groups is 1. The molecule has 4 aromatic rings. The molecular formula is C24H21N3O4. The molecule has 0 radical (unpaired) electrons. The van der Waals surface area contributed by atoms with Crippen molar-refractivity contribution in [2.24, 2.45) is 0 Å². The quantitative estimate of drug-likeness (QED) is 0.508. The van der Waals surface area contributed by atoms with E-state index in [1.165, 1.54) is 0 Å². The number of benzene rings is 2. The van der Waals surface area contributed by atoms with Gasteiger partial charge in [-0.15, -0.1) is 0 Å². The number of hydrogen-bond donors (Lipinski definition) is 0. The monoisotopic (exact) mass is 415 g/mol. The van der Waals surface area contributed by atoms with Gasteiger partial charge in [-0.1, -0.05) is 48.5 Å². The number of aromatic nitrogens is 2. The van der Waals surface area contributed by atoms with Crippen molar-refractivity contribution in [1.29, 1.82) is 0 Å². The van der Waals surface area contributed by atoms with Gasteiger partial charge >= 0.3 is 6.09 Å². The maximum absolute atomic E-state index is 13.0. The fourth-order valence-electron chi connectivity index (χ4n) is 3.83. The third kappa shape index (κ3) is 3.94. The average Bonchev–Trinajstić information content (AvgIpc) is 3.23. The number of carbonyl (C=O) groups excluding carboxylic acids is 1. The zero-order valence-corrected chi connectivity index (χ0v) is 16.9. The highest BCUT2D eigenvalue weighted by Gasteiger charge is 2.26. The number of para-hydroxylation sites is 1. The molecule has 3 heterocycles. The molecule has 2 aromatic carbocycles. The van der Waals surface area contributed by atoms with Gasteiger partial charge in [0.15, 0.2) is 6.61 Å². The molecule has 0 fully saturated rings. The molecule has 0 saturated heterocycles. The minimum atomic E-state index is -0.469. The highest BCUT2D eigenvalue weighted by molar-refractivity contribution is 5.77. The molecule has 31 heavy (non-hydrogen) atoms. The van der Waals surface area contributed by atoms with Crippen LogP contribution in [0.2, 0.25) is 0 Å². The Morgan fingerprint density at radius 3 is 2.74 bits per heavy atom. The van der Waals surface area contributed by atoms with Crippen LogP contribution >= 0.6 is 0 Å². The van der Waals surface area contributed by atoms with E-state index in [1.807, 2.05) is 60.7 Å². The second-order valence-electron chi connectivity index (χ2n) is 7.57. The first kappa shape index (κ1) is 19.1. The van der Waals surface area contributed by atoms with Crippen molar-refractivity contribution in [3.05, 3.63) is 99.9 Å². The van der Waals surface area contributed by atoms with Crippen molar-refractivity contribution >= 4 is 17.1 Å². The second-order valence-corrected chi connectivity index (χ2v) is 7.57. The van der Waals surface area contributed by atoms with Gasteiger partial charge in [-0.3, -0.25) is 9.36 Å². The Kier molecular flexibility index (Phi) is 5.00. The predicted octanol–water partition coefficient (Wildman–Crippen LogP) is 3.73. The van der Waals surface area contributed by atoms with Gasteiger partial charge in [0, 0.05) is 18.4 Å². The molecule has 0 unspecified atom stereocenters. The maximum Gasteiger partial charge on any atom is 0.410 e. The Bertz CT molecular complexity index is 1260. The van der Waals surface area contributed by atoms with Crippen molar-refractivity contribution in [3.8, 4) is 0 Å². The van der Waals surface area contributed by atoms with Crippen LogP contribution in [-0.2, 0) is 30.9 Å². The molecular weight excluding hydrogens is 394 g/mol. The summed E-state index contributed by atoms with van der Waals surface area (Å²) in [6, 6.07) is 19.2. The lowest BCUT2D eigenvalue weighted by atomic mass is 10.1. The SMILES string of the molecule is O=C(OCc1cc2ccccc2o1)N1CCc2ncn(Cc3ccccc3)c(=O)c2C1. The minimum Gasteiger partial charge on any atom is -0.457 e. The van der Waals surface area contributed by atoms with Crippen LogP contribution in [0.4, 0.5) is 4.79 Å². The molecule has 0 atom stereocenters. The summed E-state index contributed by atoms with van der Waals surface area (Å²) in [7, 11) is 0. The van der Waals surface area contributed by atoms with Gasteiger partial charge < -0.3 is 14.1 Å². The number of furan rings is 1. The molecule has 0 N–H and O–H groups in total. The van der Waals surface area contributed by atoms with Gasteiger partial charge in [0.1, 0.15) is 11.3 Å². The largest absolute Gasteiger partial charge is 0.457 e. The van der Waals surface area contributed by atoms with Crippen LogP contribution in [-0.4, -0.2) is 27.1 Å². The topological polar surface area (TPSA) is 77.6 Å². The number of fused-ring (bicyclic) bond motifs is 2. The molecule has 5 rings (SSSR count). The Balaban J connectivity index is 1.28. The Morgan fingerprint density at radius 2 is 1.90 bits per heavy atom. The van der Waals surface area contributed by atoms with Crippen LogP contribution in [0.15, 0.2) is 76.2 Å². The van der Waals surface area contributed by atoms with Gasteiger partial charge in [0.05, 0.1) is 30.7 Å². The molecule has 1 aliphatic heterocycles. The van der Waals surface area contributed by atoms with Gasteiger partial charge in [-0.25, -0.2) is 9.78 Å². The van der Waals surface area contributed by atoms with Crippen LogP contribution in [0, 0.1) is 0 Å². The minimum absolute atomic E-state index is 0.0438. The van der Waals surface area contributed by atoms with E-state index in [4.69, 9.17) is 9.15 Å². The molecule has 7 heteroatoms. The summed E-state index contributed by atoms with van der Waals surface area (Å²) >= 11 is 0. The lowest BCUT2D eigenvalue weighted by Crippen LogP contribution is -2.41. The molecule has 0 spiro atoms. The summed E-state index contributed by atoms with van der Waals surface area (Å²) in [6.07, 6.45) is 1.64. The van der Waals surface area contributed by atoms with Crippen molar-refractivity contribution in [2.75, 3.05) is 6.54 Å². The molecule has 1 aliphatic rings. The van der Waals surface area contributed by atoms with Gasteiger partial charge in [0.25, 0.3) is 5.56 Å². The van der Waals surface area contributed by atoms with E-state index in [1.54, 1.807) is 15.8 Å². The summed E-state index contributed by atoms with van der Waals surface area (Å²) < 4.78 is 12.7. The average molecular weight is 415 g/mol. The molecule has 0 aliphatic carbocycles. The van der Waals surface area contributed by atoms with Gasteiger partial charge in [-0.05, 0) is 17.7 Å². The van der Waals surface area contributed by atoms with Crippen LogP contribution < -0.4 is 5.56 Å². The number of rotatable bonds is 4. The molecule has 0 saturated carbocycles. The van der Waals surface area contributed by atoms with Crippen LogP contribution in [0.1, 0.15) is 22.6 Å². The molecule has 0 bridgehead atoms. The normalized spacial score (nSPS) is 13.2. The first-order valence-electron chi connectivity index (χ1n) is 10.2. The van der Waals surface area contributed by atoms with Gasteiger partial charge in [-0.2, -0.15) is 0 Å². The third-order valence-electron chi connectivity index (χ3n) is 5.46. The van der Waals surface area contributed by atoms with E-state index < -0.39 is 6.09 Å². The molecule has 7 nitrogen and oxygen atoms in total. The zero-order chi connectivity index (χ0) is 21.2. The van der Waals surface area contributed by atoms with Crippen LogP contribution in [0.3, 0.4) is 0 Å². The Hall–Kier alpha value is -3.87. The lowest BCUT2D eigenvalue weighted by Gasteiger charge is -2.27. The van der Waals surface area contributed by atoms with E-state index in [0.29, 0.717) is 30.8 Å². The van der Waals surface area contributed by atoms with Crippen LogP contribution in [0.25, 0.3) is 11.0 Å². The number of amides is 1. The molecule has 1 amide bonds. The first-order chi connectivity index (χ1) is 15.2. The number of hydrogen-bond acceptors (Lipinski definition) is 5. The lowest BCUT2D eigenvalue weighted by molar-refractivity contribution is 0.0858. The third-order valence-corrected chi connectivity index (χ3v) is 5.46. The summed E-state index contributed by atoms with van der Waals surface area (Å²) in [5.74, 6) is 0.582. The predicted molar refractivity (Wildman–Crippen MR) is 115 cm³/mol. The summed E-state index contributed by atoms with van der Waals surface area (Å²) in [5.41, 5.74) is 2.94. The second kappa shape index (κ2) is 8.10. The number of nitrogens with zero attached hydrogens (tertiary/aromatic N) is 3. The van der Waals surface area contributed by atoms with E-state index >= 15 is 0 Å². The van der Waals surface area contributed by atoms with Crippen molar-refractivity contribution in [3.63, 3.8) is 0 Å². The molecule has 2 aromatic heterocycles. The van der Waals surface area contributed by atoms with Crippen molar-refractivity contribution in [1.82, 2.24) is 14.5 Å². The van der Waals surface area contributed by atoms with Crippen LogP contribution in [0.5, 0.6) is 0 Å². The highest BCUT2D eigenvalue weighted by Crippen LogP contribution is 2.20.